The third-order valence-electron chi connectivity index (χ3n) is 4.09. The summed E-state index contributed by atoms with van der Waals surface area (Å²) in [6.45, 7) is 7.43. The van der Waals surface area contributed by atoms with Gasteiger partial charge in [-0.1, -0.05) is 24.0 Å². The number of allylic oxidation sites excluding steroid dienone is 2. The van der Waals surface area contributed by atoms with Gasteiger partial charge in [0.1, 0.15) is 16.4 Å². The fourth-order valence-electron chi connectivity index (χ4n) is 2.86. The lowest BCUT2D eigenvalue weighted by Crippen LogP contribution is -1.97. The predicted molar refractivity (Wildman–Crippen MR) is 111 cm³/mol. The average molecular weight is 372 g/mol. The van der Waals surface area contributed by atoms with Crippen molar-refractivity contribution < 1.29 is 0 Å². The van der Waals surface area contributed by atoms with E-state index in [1.165, 1.54) is 11.3 Å². The third-order valence-corrected chi connectivity index (χ3v) is 5.09. The summed E-state index contributed by atoms with van der Waals surface area (Å²) in [7, 11) is 1.98. The Hall–Kier alpha value is -3.45. The number of aromatic nitrogens is 5. The third kappa shape index (κ3) is 3.09. The molecular formula is C20H16N6S. The predicted octanol–water partition coefficient (Wildman–Crippen LogP) is 4.38. The smallest absolute Gasteiger partial charge is 0.166 e. The van der Waals surface area contributed by atoms with Crippen LogP contribution < -0.4 is 0 Å². The van der Waals surface area contributed by atoms with Crippen LogP contribution in [0.5, 0.6) is 0 Å². The maximum atomic E-state index is 4.82. The zero-order valence-electron chi connectivity index (χ0n) is 14.7. The number of aliphatic imine (C=N–C) groups is 1. The summed E-state index contributed by atoms with van der Waals surface area (Å²) < 4.78 is 2.02. The van der Waals surface area contributed by atoms with Crippen molar-refractivity contribution in [3.05, 3.63) is 67.3 Å². The Kier molecular flexibility index (Phi) is 4.43. The molecule has 0 N–H and O–H groups in total. The standard InChI is InChI=1S/C20H16N6S/c1-4-6-15(21-2)17-18-13(8-10-26(18)3)11-16(23-17)20-25-24-19(27-20)14-7-5-9-22-12-14/h4-12H,1-2H2,3H3/b15-6-. The molecule has 0 saturated heterocycles. The van der Waals surface area contributed by atoms with Crippen molar-refractivity contribution in [2.45, 2.75) is 0 Å². The fourth-order valence-corrected chi connectivity index (χ4v) is 3.66. The summed E-state index contributed by atoms with van der Waals surface area (Å²) in [5.41, 5.74) is 4.06. The van der Waals surface area contributed by atoms with Gasteiger partial charge in [0.25, 0.3) is 0 Å². The molecule has 0 aliphatic heterocycles. The first-order valence-electron chi connectivity index (χ1n) is 8.21. The molecule has 27 heavy (non-hydrogen) atoms. The van der Waals surface area contributed by atoms with E-state index in [2.05, 4.69) is 33.5 Å². The monoisotopic (exact) mass is 372 g/mol. The van der Waals surface area contributed by atoms with Gasteiger partial charge in [-0.05, 0) is 37.1 Å². The maximum Gasteiger partial charge on any atom is 0.166 e. The van der Waals surface area contributed by atoms with Gasteiger partial charge in [-0.3, -0.25) is 9.98 Å². The van der Waals surface area contributed by atoms with Crippen LogP contribution in [0.25, 0.3) is 37.9 Å². The molecule has 4 rings (SSSR count). The number of hydrogen-bond acceptors (Lipinski definition) is 6. The van der Waals surface area contributed by atoms with Crippen LogP contribution >= 0.6 is 11.3 Å². The van der Waals surface area contributed by atoms with Crippen molar-refractivity contribution in [3.8, 4) is 21.3 Å². The van der Waals surface area contributed by atoms with Gasteiger partial charge in [0.05, 0.1) is 11.2 Å². The summed E-state index contributed by atoms with van der Waals surface area (Å²) in [4.78, 5) is 13.1. The van der Waals surface area contributed by atoms with Crippen molar-refractivity contribution >= 4 is 34.7 Å². The Bertz CT molecular complexity index is 1170. The quantitative estimate of drug-likeness (QED) is 0.385. The van der Waals surface area contributed by atoms with Gasteiger partial charge in [0.2, 0.25) is 0 Å². The Morgan fingerprint density at radius 1 is 1.26 bits per heavy atom. The first-order valence-corrected chi connectivity index (χ1v) is 9.03. The minimum Gasteiger partial charge on any atom is -0.349 e. The molecule has 4 aromatic heterocycles. The van der Waals surface area contributed by atoms with Crippen LogP contribution in [0.3, 0.4) is 0 Å². The first-order chi connectivity index (χ1) is 13.2. The summed E-state index contributed by atoms with van der Waals surface area (Å²) in [5.74, 6) is 0. The van der Waals surface area contributed by atoms with Crippen molar-refractivity contribution in [1.29, 1.82) is 0 Å². The number of rotatable bonds is 5. The van der Waals surface area contributed by atoms with Crippen LogP contribution in [0, 0.1) is 0 Å². The lowest BCUT2D eigenvalue weighted by Gasteiger charge is -2.07. The van der Waals surface area contributed by atoms with Gasteiger partial charge in [0.15, 0.2) is 5.01 Å². The van der Waals surface area contributed by atoms with Gasteiger partial charge in [-0.2, -0.15) is 0 Å². The number of fused-ring (bicyclic) bond motifs is 1. The largest absolute Gasteiger partial charge is 0.349 e. The van der Waals surface area contributed by atoms with E-state index in [0.717, 1.165) is 37.9 Å². The highest BCUT2D eigenvalue weighted by Gasteiger charge is 2.16. The minimum atomic E-state index is 0.663. The van der Waals surface area contributed by atoms with E-state index in [-0.39, 0.29) is 0 Å². The number of hydrogen-bond donors (Lipinski definition) is 0. The van der Waals surface area contributed by atoms with E-state index in [1.807, 2.05) is 42.1 Å². The maximum absolute atomic E-state index is 4.82. The van der Waals surface area contributed by atoms with Gasteiger partial charge >= 0.3 is 0 Å². The van der Waals surface area contributed by atoms with Crippen LogP contribution in [0.1, 0.15) is 5.69 Å². The fraction of sp³-hybridized carbons (Fsp3) is 0.0500. The van der Waals surface area contributed by atoms with Gasteiger partial charge < -0.3 is 4.57 Å². The molecular weight excluding hydrogens is 356 g/mol. The van der Waals surface area contributed by atoms with Crippen LogP contribution in [-0.4, -0.2) is 31.4 Å². The Balaban J connectivity index is 1.88. The molecule has 0 bridgehead atoms. The molecule has 0 saturated carbocycles. The SMILES string of the molecule is C=C/C=C(\N=C)c1nc(-c2nnc(-c3cccnc3)s2)cc2ccn(C)c12. The van der Waals surface area contributed by atoms with Gasteiger partial charge in [0, 0.05) is 36.6 Å². The molecule has 4 heterocycles. The molecule has 132 valence electrons. The molecule has 0 unspecified atom stereocenters. The molecule has 6 nitrogen and oxygen atoms in total. The van der Waals surface area contributed by atoms with Crippen LogP contribution in [-0.2, 0) is 7.05 Å². The minimum absolute atomic E-state index is 0.663. The summed E-state index contributed by atoms with van der Waals surface area (Å²) >= 11 is 1.48. The molecule has 0 spiro atoms. The lowest BCUT2D eigenvalue weighted by molar-refractivity contribution is 0.961. The van der Waals surface area contributed by atoms with Gasteiger partial charge in [-0.25, -0.2) is 4.98 Å². The average Bonchev–Trinajstić information content (AvgIpc) is 3.34. The second kappa shape index (κ2) is 7.05. The van der Waals surface area contributed by atoms with Crippen molar-refractivity contribution in [2.75, 3.05) is 0 Å². The zero-order chi connectivity index (χ0) is 18.8. The van der Waals surface area contributed by atoms with Crippen molar-refractivity contribution in [3.63, 3.8) is 0 Å². The molecule has 0 atom stereocenters. The van der Waals surface area contributed by atoms with E-state index < -0.39 is 0 Å². The molecule has 4 aromatic rings. The second-order valence-electron chi connectivity index (χ2n) is 5.82. The highest BCUT2D eigenvalue weighted by atomic mass is 32.1. The molecule has 0 aliphatic carbocycles. The molecule has 0 radical (unpaired) electrons. The van der Waals surface area contributed by atoms with E-state index in [4.69, 9.17) is 4.98 Å². The van der Waals surface area contributed by atoms with Crippen molar-refractivity contribution in [2.24, 2.45) is 12.0 Å². The van der Waals surface area contributed by atoms with Crippen molar-refractivity contribution in [1.82, 2.24) is 24.7 Å². The van der Waals surface area contributed by atoms with E-state index in [0.29, 0.717) is 5.70 Å². The molecule has 0 aliphatic rings. The Morgan fingerprint density at radius 2 is 2.11 bits per heavy atom. The van der Waals surface area contributed by atoms with Gasteiger partial charge in [-0.15, -0.1) is 10.2 Å². The van der Waals surface area contributed by atoms with E-state index >= 15 is 0 Å². The highest BCUT2D eigenvalue weighted by Crippen LogP contribution is 2.33. The van der Waals surface area contributed by atoms with Crippen LogP contribution in [0.2, 0.25) is 0 Å². The Labute approximate surface area is 160 Å². The number of aryl methyl sites for hydroxylation is 1. The molecule has 0 aromatic carbocycles. The Morgan fingerprint density at radius 3 is 2.85 bits per heavy atom. The normalized spacial score (nSPS) is 11.7. The second-order valence-corrected chi connectivity index (χ2v) is 6.80. The zero-order valence-corrected chi connectivity index (χ0v) is 15.5. The molecule has 7 heteroatoms. The van der Waals surface area contributed by atoms with Crippen LogP contribution in [0.15, 0.2) is 66.6 Å². The van der Waals surface area contributed by atoms with E-state index in [1.54, 1.807) is 24.5 Å². The lowest BCUT2D eigenvalue weighted by atomic mass is 10.1. The summed E-state index contributed by atoms with van der Waals surface area (Å²) in [5, 5.41) is 11.2. The van der Waals surface area contributed by atoms with E-state index in [9.17, 15) is 0 Å². The highest BCUT2D eigenvalue weighted by molar-refractivity contribution is 7.17. The first kappa shape index (κ1) is 17.0. The summed E-state index contributed by atoms with van der Waals surface area (Å²) in [6.07, 6.45) is 8.98. The topological polar surface area (TPSA) is 68.8 Å². The van der Waals surface area contributed by atoms with Crippen LogP contribution in [0.4, 0.5) is 0 Å². The number of pyridine rings is 2. The molecule has 0 fully saturated rings. The summed E-state index contributed by atoms with van der Waals surface area (Å²) in [6, 6.07) is 7.90. The molecule has 0 amide bonds. The number of nitrogens with zero attached hydrogens (tertiary/aromatic N) is 6.